The summed E-state index contributed by atoms with van der Waals surface area (Å²) >= 11 is 2.59. The van der Waals surface area contributed by atoms with Crippen molar-refractivity contribution in [2.75, 3.05) is 0 Å². The predicted octanol–water partition coefficient (Wildman–Crippen LogP) is 6.03. The largest absolute Gasteiger partial charge is 0.453 e. The fourth-order valence-electron chi connectivity index (χ4n) is 3.17. The Kier molecular flexibility index (Phi) is 4.11. The molecule has 0 radical (unpaired) electrons. The Morgan fingerprint density at radius 2 is 1.38 bits per heavy atom. The van der Waals surface area contributed by atoms with Gasteiger partial charge in [-0.2, -0.15) is 8.78 Å². The maximum atomic E-state index is 15.1. The van der Waals surface area contributed by atoms with Gasteiger partial charge in [-0.15, -0.1) is 0 Å². The van der Waals surface area contributed by atoms with E-state index >= 15 is 8.78 Å². The number of halogens is 3. The van der Waals surface area contributed by atoms with Crippen molar-refractivity contribution in [1.29, 1.82) is 0 Å². The highest BCUT2D eigenvalue weighted by molar-refractivity contribution is 9.10. The van der Waals surface area contributed by atoms with E-state index in [0.717, 1.165) is 0 Å². The minimum Gasteiger partial charge on any atom is -0.453 e. The number of hydrogen-bond acceptors (Lipinski definition) is 2. The smallest absolute Gasteiger partial charge is 0.348 e. The number of ether oxygens (including phenoxy) is 1. The molecule has 5 heteroatoms. The fourth-order valence-corrected chi connectivity index (χ4v) is 3.69. The number of fused-ring (bicyclic) bond motifs is 1. The lowest BCUT2D eigenvalue weighted by Crippen LogP contribution is -2.48. The molecular weight excluding hydrogens is 400 g/mol. The van der Waals surface area contributed by atoms with E-state index in [1.165, 1.54) is 0 Å². The molecule has 1 heterocycles. The standard InChI is InChI=1S/C21H14BrF2NO/c22-21(23,24)20(16-11-5-2-6-12-16)17-13-7-8-14-18(17)25-19(26-20)15-9-3-1-4-10-15/h1-14H/t20-/m1/s1. The molecule has 3 aromatic carbocycles. The van der Waals surface area contributed by atoms with Crippen LogP contribution >= 0.6 is 15.9 Å². The van der Waals surface area contributed by atoms with Crippen LogP contribution in [0.5, 0.6) is 0 Å². The quantitative estimate of drug-likeness (QED) is 0.480. The fraction of sp³-hybridized carbons (Fsp3) is 0.0952. The van der Waals surface area contributed by atoms with Crippen molar-refractivity contribution < 1.29 is 13.5 Å². The van der Waals surface area contributed by atoms with Gasteiger partial charge in [0, 0.05) is 16.7 Å². The molecule has 1 atom stereocenters. The predicted molar refractivity (Wildman–Crippen MR) is 101 cm³/mol. The van der Waals surface area contributed by atoms with E-state index in [-0.39, 0.29) is 5.90 Å². The first-order valence-corrected chi connectivity index (χ1v) is 8.86. The van der Waals surface area contributed by atoms with Crippen molar-refractivity contribution in [1.82, 2.24) is 0 Å². The van der Waals surface area contributed by atoms with Gasteiger partial charge in [-0.3, -0.25) is 0 Å². The second-order valence-electron chi connectivity index (χ2n) is 5.95. The highest BCUT2D eigenvalue weighted by atomic mass is 79.9. The van der Waals surface area contributed by atoms with Crippen molar-refractivity contribution >= 4 is 27.5 Å². The molecule has 3 aromatic rings. The van der Waals surface area contributed by atoms with Crippen LogP contribution in [0.15, 0.2) is 89.9 Å². The van der Waals surface area contributed by atoms with E-state index in [1.54, 1.807) is 66.7 Å². The number of benzene rings is 3. The molecule has 0 fully saturated rings. The molecule has 130 valence electrons. The van der Waals surface area contributed by atoms with Gasteiger partial charge in [0.15, 0.2) is 0 Å². The molecule has 1 aliphatic rings. The number of alkyl halides is 3. The van der Waals surface area contributed by atoms with Gasteiger partial charge < -0.3 is 4.74 Å². The Bertz CT molecular complexity index is 955. The van der Waals surface area contributed by atoms with Crippen LogP contribution in [0.4, 0.5) is 14.5 Å². The number of hydrogen-bond donors (Lipinski definition) is 0. The van der Waals surface area contributed by atoms with Crippen LogP contribution < -0.4 is 0 Å². The lowest BCUT2D eigenvalue weighted by atomic mass is 9.84. The average Bonchev–Trinajstić information content (AvgIpc) is 2.67. The van der Waals surface area contributed by atoms with Crippen molar-refractivity contribution in [3.8, 4) is 0 Å². The highest BCUT2D eigenvalue weighted by Gasteiger charge is 2.60. The van der Waals surface area contributed by atoms with Crippen LogP contribution in [0, 0.1) is 0 Å². The van der Waals surface area contributed by atoms with Gasteiger partial charge in [-0.1, -0.05) is 66.7 Å². The molecule has 0 N–H and O–H groups in total. The Labute approximate surface area is 158 Å². The summed E-state index contributed by atoms with van der Waals surface area (Å²) in [6, 6.07) is 24.4. The minimum atomic E-state index is -3.37. The Balaban J connectivity index is 2.02. The minimum absolute atomic E-state index is 0.160. The van der Waals surface area contributed by atoms with E-state index in [9.17, 15) is 0 Å². The van der Waals surface area contributed by atoms with Gasteiger partial charge in [0.2, 0.25) is 11.5 Å². The van der Waals surface area contributed by atoms with Gasteiger partial charge in [0.05, 0.1) is 5.69 Å². The van der Waals surface area contributed by atoms with Gasteiger partial charge in [0.25, 0.3) is 0 Å². The van der Waals surface area contributed by atoms with Crippen molar-refractivity contribution in [3.63, 3.8) is 0 Å². The van der Waals surface area contributed by atoms with Crippen LogP contribution in [-0.2, 0) is 10.3 Å². The number of para-hydroxylation sites is 1. The van der Waals surface area contributed by atoms with Gasteiger partial charge in [-0.05, 0) is 34.1 Å². The molecule has 0 saturated carbocycles. The summed E-state index contributed by atoms with van der Waals surface area (Å²) in [5.41, 5.74) is -0.275. The SMILES string of the molecule is FC(F)(Br)[C@]1(c2ccccc2)OC(c2ccccc2)=Nc2ccccc21. The summed E-state index contributed by atoms with van der Waals surface area (Å²) in [4.78, 5) is 1.12. The van der Waals surface area contributed by atoms with E-state index in [1.807, 2.05) is 18.2 Å². The summed E-state index contributed by atoms with van der Waals surface area (Å²) in [7, 11) is 0. The first-order chi connectivity index (χ1) is 12.5. The number of rotatable bonds is 3. The highest BCUT2D eigenvalue weighted by Crippen LogP contribution is 2.54. The second-order valence-corrected chi connectivity index (χ2v) is 6.94. The summed E-state index contributed by atoms with van der Waals surface area (Å²) in [6.07, 6.45) is 0. The first kappa shape index (κ1) is 16.9. The van der Waals surface area contributed by atoms with E-state index in [2.05, 4.69) is 20.9 Å². The van der Waals surface area contributed by atoms with Gasteiger partial charge in [-0.25, -0.2) is 4.99 Å². The van der Waals surface area contributed by atoms with Crippen LogP contribution in [-0.4, -0.2) is 10.7 Å². The molecule has 1 aliphatic heterocycles. The third kappa shape index (κ3) is 2.63. The van der Waals surface area contributed by atoms with E-state index in [0.29, 0.717) is 22.4 Å². The molecule has 0 spiro atoms. The van der Waals surface area contributed by atoms with E-state index < -0.39 is 10.4 Å². The van der Waals surface area contributed by atoms with Gasteiger partial charge in [0.1, 0.15) is 0 Å². The normalized spacial score (nSPS) is 19.3. The molecule has 4 rings (SSSR count). The van der Waals surface area contributed by atoms with E-state index in [4.69, 9.17) is 4.74 Å². The average molecular weight is 414 g/mol. The zero-order valence-electron chi connectivity index (χ0n) is 13.6. The molecule has 2 nitrogen and oxygen atoms in total. The molecule has 0 aliphatic carbocycles. The molecule has 0 aromatic heterocycles. The Hall–Kier alpha value is -2.53. The topological polar surface area (TPSA) is 21.6 Å². The third-order valence-corrected chi connectivity index (χ3v) is 4.91. The summed E-state index contributed by atoms with van der Waals surface area (Å²) in [5, 5.41) is 0. The summed E-state index contributed by atoms with van der Waals surface area (Å²) in [5.74, 6) is 0.160. The van der Waals surface area contributed by atoms with Crippen LogP contribution in [0.3, 0.4) is 0 Å². The maximum Gasteiger partial charge on any atom is 0.348 e. The lowest BCUT2D eigenvalue weighted by Gasteiger charge is -2.41. The molecule has 0 amide bonds. The summed E-state index contributed by atoms with van der Waals surface area (Å²) < 4.78 is 36.1. The van der Waals surface area contributed by atoms with Crippen LogP contribution in [0.1, 0.15) is 16.7 Å². The van der Waals surface area contributed by atoms with Crippen molar-refractivity contribution in [2.45, 2.75) is 10.4 Å². The zero-order chi connectivity index (χ0) is 18.2. The monoisotopic (exact) mass is 413 g/mol. The first-order valence-electron chi connectivity index (χ1n) is 8.07. The van der Waals surface area contributed by atoms with Crippen LogP contribution in [0.25, 0.3) is 0 Å². The molecule has 26 heavy (non-hydrogen) atoms. The van der Waals surface area contributed by atoms with Gasteiger partial charge >= 0.3 is 4.83 Å². The molecular formula is C21H14BrF2NO. The molecule has 0 unspecified atom stereocenters. The Morgan fingerprint density at radius 3 is 2.04 bits per heavy atom. The Morgan fingerprint density at radius 1 is 0.808 bits per heavy atom. The van der Waals surface area contributed by atoms with Crippen LogP contribution in [0.2, 0.25) is 0 Å². The molecule has 0 bridgehead atoms. The third-order valence-electron chi connectivity index (χ3n) is 4.36. The summed E-state index contributed by atoms with van der Waals surface area (Å²) in [6.45, 7) is 0. The maximum absolute atomic E-state index is 15.1. The number of nitrogens with zero attached hydrogens (tertiary/aromatic N) is 1. The lowest BCUT2D eigenvalue weighted by molar-refractivity contribution is -0.0839. The zero-order valence-corrected chi connectivity index (χ0v) is 15.2. The number of aliphatic imine (C=N–C) groups is 1. The van der Waals surface area contributed by atoms with Crippen molar-refractivity contribution in [3.05, 3.63) is 102 Å². The molecule has 0 saturated heterocycles. The second kappa shape index (κ2) is 6.32. The van der Waals surface area contributed by atoms with Crippen molar-refractivity contribution in [2.24, 2.45) is 4.99 Å².